The smallest absolute Gasteiger partial charge is 0.332 e. The van der Waals surface area contributed by atoms with Gasteiger partial charge in [0.05, 0.1) is 6.61 Å². The third-order valence-corrected chi connectivity index (χ3v) is 2.35. The molecule has 0 unspecified atom stereocenters. The van der Waals surface area contributed by atoms with Gasteiger partial charge in [-0.15, -0.1) is 0 Å². The molecule has 1 aromatic carbocycles. The lowest BCUT2D eigenvalue weighted by Gasteiger charge is -2.15. The van der Waals surface area contributed by atoms with Crippen LogP contribution in [0.4, 0.5) is 0 Å². The first-order valence-corrected chi connectivity index (χ1v) is 5.37. The van der Waals surface area contributed by atoms with Crippen molar-refractivity contribution in [3.63, 3.8) is 0 Å². The Balaban J connectivity index is 2.53. The van der Waals surface area contributed by atoms with Crippen molar-refractivity contribution in [2.45, 2.75) is 25.2 Å². The molecular formula is C12H15NO5. The van der Waals surface area contributed by atoms with Gasteiger partial charge in [0.15, 0.2) is 6.10 Å². The minimum atomic E-state index is -1.25. The highest BCUT2D eigenvalue weighted by molar-refractivity contribution is 5.76. The molecule has 0 fully saturated rings. The standard InChI is InChI=1S/C12H15NO5/c13-9(11(14)15)6-10(12(16)17)18-7-8-4-2-1-3-5-8/h1-5,9-10H,6-7,13H2,(H,14,15)(H,16,17)/t9-,10-/m0/s1. The summed E-state index contributed by atoms with van der Waals surface area (Å²) in [6, 6.07) is 7.77. The first-order valence-electron chi connectivity index (χ1n) is 5.37. The van der Waals surface area contributed by atoms with Gasteiger partial charge in [0.2, 0.25) is 0 Å². The minimum Gasteiger partial charge on any atom is -0.480 e. The molecule has 0 radical (unpaired) electrons. The van der Waals surface area contributed by atoms with Crippen molar-refractivity contribution in [3.05, 3.63) is 35.9 Å². The molecular weight excluding hydrogens is 238 g/mol. The van der Waals surface area contributed by atoms with Crippen molar-refractivity contribution in [1.82, 2.24) is 0 Å². The summed E-state index contributed by atoms with van der Waals surface area (Å²) in [6.07, 6.45) is -1.49. The van der Waals surface area contributed by atoms with Crippen molar-refractivity contribution < 1.29 is 24.5 Å². The van der Waals surface area contributed by atoms with Gasteiger partial charge >= 0.3 is 11.9 Å². The van der Waals surface area contributed by atoms with E-state index >= 15 is 0 Å². The van der Waals surface area contributed by atoms with Crippen molar-refractivity contribution in [2.24, 2.45) is 5.73 Å². The SMILES string of the molecule is N[C@@H](C[C@H](OCc1ccccc1)C(=O)O)C(=O)O. The van der Waals surface area contributed by atoms with E-state index in [0.29, 0.717) is 0 Å². The molecule has 0 amide bonds. The van der Waals surface area contributed by atoms with E-state index in [1.54, 1.807) is 24.3 Å². The Bertz CT molecular complexity index is 406. The summed E-state index contributed by atoms with van der Waals surface area (Å²) in [5, 5.41) is 17.5. The van der Waals surface area contributed by atoms with Gasteiger partial charge in [-0.1, -0.05) is 30.3 Å². The molecule has 0 spiro atoms. The fourth-order valence-corrected chi connectivity index (χ4v) is 1.34. The summed E-state index contributed by atoms with van der Waals surface area (Å²) in [5.74, 6) is -2.47. The van der Waals surface area contributed by atoms with E-state index in [2.05, 4.69) is 0 Å². The van der Waals surface area contributed by atoms with E-state index < -0.39 is 24.1 Å². The van der Waals surface area contributed by atoms with Crippen LogP contribution in [-0.2, 0) is 20.9 Å². The molecule has 1 rings (SSSR count). The lowest BCUT2D eigenvalue weighted by atomic mass is 10.1. The van der Waals surface area contributed by atoms with Crippen LogP contribution >= 0.6 is 0 Å². The number of benzene rings is 1. The third kappa shape index (κ3) is 4.52. The Labute approximate surface area is 104 Å². The second-order valence-corrected chi connectivity index (χ2v) is 3.80. The van der Waals surface area contributed by atoms with Crippen molar-refractivity contribution in [2.75, 3.05) is 0 Å². The van der Waals surface area contributed by atoms with Crippen LogP contribution in [0.5, 0.6) is 0 Å². The topological polar surface area (TPSA) is 110 Å². The Morgan fingerprint density at radius 2 is 1.78 bits per heavy atom. The number of carbonyl (C=O) groups is 2. The Morgan fingerprint density at radius 3 is 2.28 bits per heavy atom. The van der Waals surface area contributed by atoms with E-state index in [9.17, 15) is 9.59 Å². The van der Waals surface area contributed by atoms with Crippen molar-refractivity contribution in [1.29, 1.82) is 0 Å². The van der Waals surface area contributed by atoms with Crippen molar-refractivity contribution in [3.8, 4) is 0 Å². The summed E-state index contributed by atoms with van der Waals surface area (Å²) in [6.45, 7) is 0.101. The molecule has 0 heterocycles. The summed E-state index contributed by atoms with van der Waals surface area (Å²) in [5.41, 5.74) is 6.09. The number of aliphatic carboxylic acids is 2. The summed E-state index contributed by atoms with van der Waals surface area (Å²) in [4.78, 5) is 21.5. The van der Waals surface area contributed by atoms with Crippen LogP contribution in [0.25, 0.3) is 0 Å². The molecule has 2 atom stereocenters. The van der Waals surface area contributed by atoms with Gasteiger partial charge in [0.25, 0.3) is 0 Å². The maximum absolute atomic E-state index is 10.9. The number of ether oxygens (including phenoxy) is 1. The summed E-state index contributed by atoms with van der Waals surface area (Å²) >= 11 is 0. The van der Waals surface area contributed by atoms with Gasteiger partial charge in [-0.2, -0.15) is 0 Å². The quantitative estimate of drug-likeness (QED) is 0.651. The van der Waals surface area contributed by atoms with E-state index in [4.69, 9.17) is 20.7 Å². The van der Waals surface area contributed by atoms with Crippen LogP contribution < -0.4 is 5.73 Å². The number of hydrogen-bond acceptors (Lipinski definition) is 4. The van der Waals surface area contributed by atoms with E-state index in [1.165, 1.54) is 0 Å². The fraction of sp³-hybridized carbons (Fsp3) is 0.333. The molecule has 0 aromatic heterocycles. The Hall–Kier alpha value is -1.92. The number of carboxylic acids is 2. The number of rotatable bonds is 7. The van der Waals surface area contributed by atoms with Crippen LogP contribution in [0.1, 0.15) is 12.0 Å². The first kappa shape index (κ1) is 14.1. The third-order valence-electron chi connectivity index (χ3n) is 2.35. The lowest BCUT2D eigenvalue weighted by Crippen LogP contribution is -2.38. The van der Waals surface area contributed by atoms with Crippen LogP contribution in [0.15, 0.2) is 30.3 Å². The lowest BCUT2D eigenvalue weighted by molar-refractivity contribution is -0.153. The number of carboxylic acid groups (broad SMARTS) is 2. The number of hydrogen-bond donors (Lipinski definition) is 3. The zero-order valence-corrected chi connectivity index (χ0v) is 9.65. The van der Waals surface area contributed by atoms with Crippen LogP contribution in [0, 0.1) is 0 Å². The normalized spacial score (nSPS) is 13.8. The molecule has 98 valence electrons. The highest BCUT2D eigenvalue weighted by Crippen LogP contribution is 2.08. The van der Waals surface area contributed by atoms with Gasteiger partial charge in [0.1, 0.15) is 6.04 Å². The molecule has 0 aliphatic carbocycles. The maximum atomic E-state index is 10.9. The largest absolute Gasteiger partial charge is 0.480 e. The molecule has 18 heavy (non-hydrogen) atoms. The highest BCUT2D eigenvalue weighted by atomic mass is 16.5. The first-order chi connectivity index (χ1) is 8.50. The van der Waals surface area contributed by atoms with Crippen molar-refractivity contribution >= 4 is 11.9 Å². The predicted molar refractivity (Wildman–Crippen MR) is 62.9 cm³/mol. The Morgan fingerprint density at radius 1 is 1.17 bits per heavy atom. The van der Waals surface area contributed by atoms with Gasteiger partial charge in [-0.25, -0.2) is 4.79 Å². The summed E-state index contributed by atoms with van der Waals surface area (Å²) in [7, 11) is 0. The molecule has 0 aliphatic heterocycles. The van der Waals surface area contributed by atoms with Crippen LogP contribution in [-0.4, -0.2) is 34.3 Å². The molecule has 1 aromatic rings. The molecule has 4 N–H and O–H groups in total. The zero-order chi connectivity index (χ0) is 13.5. The molecule has 0 saturated carbocycles. The van der Waals surface area contributed by atoms with E-state index in [0.717, 1.165) is 5.56 Å². The molecule has 0 saturated heterocycles. The maximum Gasteiger partial charge on any atom is 0.332 e. The van der Waals surface area contributed by atoms with Gasteiger partial charge in [-0.3, -0.25) is 4.79 Å². The van der Waals surface area contributed by atoms with Crippen LogP contribution in [0.2, 0.25) is 0 Å². The predicted octanol–water partition coefficient (Wildman–Crippen LogP) is 0.458. The molecule has 0 bridgehead atoms. The molecule has 0 aliphatic rings. The van der Waals surface area contributed by atoms with Gasteiger partial charge < -0.3 is 20.7 Å². The minimum absolute atomic E-state index is 0.101. The number of nitrogens with two attached hydrogens (primary N) is 1. The van der Waals surface area contributed by atoms with Gasteiger partial charge in [0, 0.05) is 6.42 Å². The average Bonchev–Trinajstić information content (AvgIpc) is 2.34. The fourth-order valence-electron chi connectivity index (χ4n) is 1.34. The zero-order valence-electron chi connectivity index (χ0n) is 9.65. The summed E-state index contributed by atoms with van der Waals surface area (Å²) < 4.78 is 5.17. The second-order valence-electron chi connectivity index (χ2n) is 3.80. The molecule has 6 heteroatoms. The molecule has 6 nitrogen and oxygen atoms in total. The van der Waals surface area contributed by atoms with Crippen LogP contribution in [0.3, 0.4) is 0 Å². The van der Waals surface area contributed by atoms with Gasteiger partial charge in [-0.05, 0) is 5.56 Å². The highest BCUT2D eigenvalue weighted by Gasteiger charge is 2.24. The van der Waals surface area contributed by atoms with E-state index in [1.807, 2.05) is 6.07 Å². The van der Waals surface area contributed by atoms with E-state index in [-0.39, 0.29) is 13.0 Å². The average molecular weight is 253 g/mol. The monoisotopic (exact) mass is 253 g/mol. The Kier molecular flexibility index (Phi) is 5.29. The second kappa shape index (κ2) is 6.73.